The van der Waals surface area contributed by atoms with E-state index >= 15 is 0 Å². The van der Waals surface area contributed by atoms with Gasteiger partial charge >= 0.3 is 0 Å². The number of hydrogen-bond donors (Lipinski definition) is 1. The number of carbonyl (C=O) groups is 1. The third-order valence-electron chi connectivity index (χ3n) is 5.35. The number of amides is 1. The zero-order chi connectivity index (χ0) is 19.9. The molecule has 3 aromatic rings. The number of rotatable bonds is 6. The second-order valence-electron chi connectivity index (χ2n) is 7.51. The third kappa shape index (κ3) is 5.46. The van der Waals surface area contributed by atoms with Crippen molar-refractivity contribution in [2.24, 2.45) is 0 Å². The molecule has 0 aromatic heterocycles. The van der Waals surface area contributed by atoms with E-state index in [9.17, 15) is 4.79 Å². The van der Waals surface area contributed by atoms with Crippen LogP contribution in [0.1, 0.15) is 11.1 Å². The zero-order valence-electron chi connectivity index (χ0n) is 16.6. The van der Waals surface area contributed by atoms with E-state index in [1.165, 1.54) is 11.3 Å². The van der Waals surface area contributed by atoms with Crippen LogP contribution in [0.25, 0.3) is 0 Å². The lowest BCUT2D eigenvalue weighted by molar-refractivity contribution is -0.115. The molecule has 4 heteroatoms. The molecule has 4 rings (SSSR count). The summed E-state index contributed by atoms with van der Waals surface area (Å²) in [6.07, 6.45) is 0.395. The van der Waals surface area contributed by atoms with Crippen molar-refractivity contribution >= 4 is 17.3 Å². The predicted molar refractivity (Wildman–Crippen MR) is 119 cm³/mol. The largest absolute Gasteiger partial charge is 0.369 e. The van der Waals surface area contributed by atoms with Crippen molar-refractivity contribution in [3.8, 4) is 0 Å². The summed E-state index contributed by atoms with van der Waals surface area (Å²) in [5.74, 6) is 0.0125. The number of nitrogens with zero attached hydrogens (tertiary/aromatic N) is 2. The van der Waals surface area contributed by atoms with Crippen molar-refractivity contribution in [1.82, 2.24) is 4.90 Å². The van der Waals surface area contributed by atoms with Gasteiger partial charge in [-0.2, -0.15) is 0 Å². The van der Waals surface area contributed by atoms with Gasteiger partial charge in [-0.15, -0.1) is 0 Å². The van der Waals surface area contributed by atoms with Crippen LogP contribution in [0.2, 0.25) is 0 Å². The molecule has 29 heavy (non-hydrogen) atoms. The minimum Gasteiger partial charge on any atom is -0.369 e. The fraction of sp³-hybridized carbons (Fsp3) is 0.240. The molecule has 0 bridgehead atoms. The van der Waals surface area contributed by atoms with Crippen LogP contribution >= 0.6 is 0 Å². The SMILES string of the molecule is O=C(Cc1ccccc1)Nc1ccc(N2CCN(Cc3ccccc3)CC2)cc1. The highest BCUT2D eigenvalue weighted by Crippen LogP contribution is 2.20. The van der Waals surface area contributed by atoms with Gasteiger partial charge in [0.1, 0.15) is 0 Å². The molecule has 1 saturated heterocycles. The first-order valence-electron chi connectivity index (χ1n) is 10.2. The average molecular weight is 386 g/mol. The van der Waals surface area contributed by atoms with E-state index in [4.69, 9.17) is 0 Å². The highest BCUT2D eigenvalue weighted by atomic mass is 16.1. The highest BCUT2D eigenvalue weighted by molar-refractivity contribution is 5.92. The summed E-state index contributed by atoms with van der Waals surface area (Å²) in [7, 11) is 0. The lowest BCUT2D eigenvalue weighted by Gasteiger charge is -2.36. The van der Waals surface area contributed by atoms with E-state index in [0.29, 0.717) is 6.42 Å². The summed E-state index contributed by atoms with van der Waals surface area (Å²) < 4.78 is 0. The topological polar surface area (TPSA) is 35.6 Å². The van der Waals surface area contributed by atoms with E-state index < -0.39 is 0 Å². The number of nitrogens with one attached hydrogen (secondary N) is 1. The van der Waals surface area contributed by atoms with Gasteiger partial charge < -0.3 is 10.2 Å². The Hall–Kier alpha value is -3.11. The Labute approximate surface area is 172 Å². The number of anilines is 2. The first-order chi connectivity index (χ1) is 14.3. The summed E-state index contributed by atoms with van der Waals surface area (Å²) in [6.45, 7) is 5.18. The molecule has 1 N–H and O–H groups in total. The van der Waals surface area contributed by atoms with Crippen LogP contribution in [-0.4, -0.2) is 37.0 Å². The molecule has 0 spiro atoms. The fourth-order valence-corrected chi connectivity index (χ4v) is 3.75. The Bertz CT molecular complexity index is 902. The van der Waals surface area contributed by atoms with Gasteiger partial charge in [-0.1, -0.05) is 60.7 Å². The lowest BCUT2D eigenvalue weighted by atomic mass is 10.1. The van der Waals surface area contributed by atoms with Crippen molar-refractivity contribution in [1.29, 1.82) is 0 Å². The Morgan fingerprint density at radius 1 is 0.724 bits per heavy atom. The summed E-state index contributed by atoms with van der Waals surface area (Å²) in [5.41, 5.74) is 4.45. The number of carbonyl (C=O) groups excluding carboxylic acids is 1. The van der Waals surface area contributed by atoms with E-state index in [1.54, 1.807) is 0 Å². The van der Waals surface area contributed by atoms with Gasteiger partial charge in [-0.25, -0.2) is 0 Å². The molecule has 1 aliphatic rings. The normalized spacial score (nSPS) is 14.6. The molecule has 1 heterocycles. The monoisotopic (exact) mass is 385 g/mol. The minimum atomic E-state index is 0.0125. The zero-order valence-corrected chi connectivity index (χ0v) is 16.6. The second kappa shape index (κ2) is 9.39. The second-order valence-corrected chi connectivity index (χ2v) is 7.51. The fourth-order valence-electron chi connectivity index (χ4n) is 3.75. The molecule has 0 atom stereocenters. The van der Waals surface area contributed by atoms with Crippen LogP contribution in [0.15, 0.2) is 84.9 Å². The van der Waals surface area contributed by atoms with E-state index in [1.807, 2.05) is 42.5 Å². The highest BCUT2D eigenvalue weighted by Gasteiger charge is 2.17. The molecule has 0 saturated carbocycles. The summed E-state index contributed by atoms with van der Waals surface area (Å²) in [6, 6.07) is 28.7. The van der Waals surface area contributed by atoms with Gasteiger partial charge in [0.15, 0.2) is 0 Å². The Kier molecular flexibility index (Phi) is 6.22. The van der Waals surface area contributed by atoms with Crippen molar-refractivity contribution in [3.05, 3.63) is 96.1 Å². The molecule has 1 amide bonds. The number of piperazine rings is 1. The smallest absolute Gasteiger partial charge is 0.228 e. The Morgan fingerprint density at radius 3 is 1.93 bits per heavy atom. The van der Waals surface area contributed by atoms with Gasteiger partial charge in [0.2, 0.25) is 5.91 Å². The molecular formula is C25H27N3O. The van der Waals surface area contributed by atoms with E-state index in [2.05, 4.69) is 57.6 Å². The van der Waals surface area contributed by atoms with Gasteiger partial charge in [-0.05, 0) is 35.4 Å². The van der Waals surface area contributed by atoms with Crippen molar-refractivity contribution in [3.63, 3.8) is 0 Å². The van der Waals surface area contributed by atoms with Crippen molar-refractivity contribution in [2.75, 3.05) is 36.4 Å². The van der Waals surface area contributed by atoms with E-state index in [-0.39, 0.29) is 5.91 Å². The standard InChI is InChI=1S/C25H27N3O/c29-25(19-21-7-3-1-4-8-21)26-23-11-13-24(14-12-23)28-17-15-27(16-18-28)20-22-9-5-2-6-10-22/h1-14H,15-20H2,(H,26,29). The van der Waals surface area contributed by atoms with Gasteiger partial charge in [0.05, 0.1) is 6.42 Å². The number of benzene rings is 3. The molecule has 3 aromatic carbocycles. The molecule has 1 fully saturated rings. The molecule has 0 radical (unpaired) electrons. The molecule has 4 nitrogen and oxygen atoms in total. The molecule has 1 aliphatic heterocycles. The van der Waals surface area contributed by atoms with E-state index in [0.717, 1.165) is 44.0 Å². The molecule has 0 aliphatic carbocycles. The first kappa shape index (κ1) is 19.2. The van der Waals surface area contributed by atoms with Crippen molar-refractivity contribution in [2.45, 2.75) is 13.0 Å². The molecular weight excluding hydrogens is 358 g/mol. The van der Waals surface area contributed by atoms with Crippen LogP contribution in [0.4, 0.5) is 11.4 Å². The first-order valence-corrected chi connectivity index (χ1v) is 10.2. The lowest BCUT2D eigenvalue weighted by Crippen LogP contribution is -2.45. The van der Waals surface area contributed by atoms with Crippen LogP contribution in [0.5, 0.6) is 0 Å². The van der Waals surface area contributed by atoms with Crippen LogP contribution in [-0.2, 0) is 17.8 Å². The predicted octanol–water partition coefficient (Wildman–Crippen LogP) is 4.19. The molecule has 148 valence electrons. The van der Waals surface area contributed by atoms with Gasteiger partial charge in [0.25, 0.3) is 0 Å². The maximum Gasteiger partial charge on any atom is 0.228 e. The molecule has 0 unspecified atom stereocenters. The minimum absolute atomic E-state index is 0.0125. The summed E-state index contributed by atoms with van der Waals surface area (Å²) in [5, 5.41) is 2.99. The Morgan fingerprint density at radius 2 is 1.31 bits per heavy atom. The van der Waals surface area contributed by atoms with Crippen LogP contribution in [0.3, 0.4) is 0 Å². The average Bonchev–Trinajstić information content (AvgIpc) is 2.76. The van der Waals surface area contributed by atoms with Gasteiger partial charge in [-0.3, -0.25) is 9.69 Å². The van der Waals surface area contributed by atoms with Crippen LogP contribution in [0, 0.1) is 0 Å². The van der Waals surface area contributed by atoms with Crippen molar-refractivity contribution < 1.29 is 4.79 Å². The van der Waals surface area contributed by atoms with Crippen LogP contribution < -0.4 is 10.2 Å². The van der Waals surface area contributed by atoms with Gasteiger partial charge in [0, 0.05) is 44.1 Å². The quantitative estimate of drug-likeness (QED) is 0.691. The maximum absolute atomic E-state index is 12.2. The summed E-state index contributed by atoms with van der Waals surface area (Å²) in [4.78, 5) is 17.1. The third-order valence-corrected chi connectivity index (χ3v) is 5.35. The number of hydrogen-bond acceptors (Lipinski definition) is 3. The maximum atomic E-state index is 12.2. The summed E-state index contributed by atoms with van der Waals surface area (Å²) >= 11 is 0. The Balaban J connectivity index is 1.27.